The van der Waals surface area contributed by atoms with E-state index in [9.17, 15) is 0 Å². The zero-order valence-electron chi connectivity index (χ0n) is 16.4. The molecule has 0 aliphatic heterocycles. The first-order valence-electron chi connectivity index (χ1n) is 10.2. The Morgan fingerprint density at radius 1 is 0.633 bits per heavy atom. The van der Waals surface area contributed by atoms with Gasteiger partial charge in [0.25, 0.3) is 0 Å². The maximum Gasteiger partial charge on any atom is 0.220 e. The first kappa shape index (κ1) is 15.8. The molecular formula is C26H18N4. The summed E-state index contributed by atoms with van der Waals surface area (Å²) in [6.07, 6.45) is 0. The summed E-state index contributed by atoms with van der Waals surface area (Å²) in [6, 6.07) is 32.0. The van der Waals surface area contributed by atoms with Crippen molar-refractivity contribution in [2.24, 2.45) is 7.05 Å². The third-order valence-electron chi connectivity index (χ3n) is 6.25. The van der Waals surface area contributed by atoms with Gasteiger partial charge in [-0.3, -0.25) is 8.97 Å². The molecule has 0 aliphatic rings. The summed E-state index contributed by atoms with van der Waals surface area (Å²) >= 11 is 0. The summed E-state index contributed by atoms with van der Waals surface area (Å²) < 4.78 is 6.89. The van der Waals surface area contributed by atoms with Gasteiger partial charge in [-0.15, -0.1) is 0 Å². The van der Waals surface area contributed by atoms with E-state index in [-0.39, 0.29) is 0 Å². The van der Waals surface area contributed by atoms with Crippen LogP contribution in [0.25, 0.3) is 55.3 Å². The summed E-state index contributed by atoms with van der Waals surface area (Å²) in [5.41, 5.74) is 8.10. The fourth-order valence-electron chi connectivity index (χ4n) is 4.95. The summed E-state index contributed by atoms with van der Waals surface area (Å²) in [7, 11) is 2.15. The van der Waals surface area contributed by atoms with Crippen LogP contribution in [0.2, 0.25) is 0 Å². The van der Waals surface area contributed by atoms with Gasteiger partial charge in [-0.2, -0.15) is 0 Å². The fourth-order valence-corrected chi connectivity index (χ4v) is 4.95. The molecule has 7 aromatic rings. The Kier molecular flexibility index (Phi) is 2.91. The Bertz CT molecular complexity index is 1750. The molecule has 7 rings (SSSR count). The van der Waals surface area contributed by atoms with Crippen molar-refractivity contribution in [3.05, 3.63) is 91.0 Å². The Hall–Kier alpha value is -4.05. The van der Waals surface area contributed by atoms with Crippen molar-refractivity contribution < 1.29 is 0 Å². The molecule has 3 aromatic heterocycles. The fraction of sp³-hybridized carbons (Fsp3) is 0.0385. The van der Waals surface area contributed by atoms with Crippen LogP contribution in [0.1, 0.15) is 0 Å². The molecule has 3 heterocycles. The van der Waals surface area contributed by atoms with Gasteiger partial charge >= 0.3 is 0 Å². The molecule has 0 aliphatic carbocycles. The lowest BCUT2D eigenvalue weighted by molar-refractivity contribution is 1.01. The van der Waals surface area contributed by atoms with E-state index in [2.05, 4.69) is 106 Å². The topological polar surface area (TPSA) is 27.2 Å². The molecule has 0 saturated heterocycles. The number of benzene rings is 4. The van der Waals surface area contributed by atoms with Gasteiger partial charge in [-0.1, -0.05) is 48.5 Å². The normalized spacial score (nSPS) is 12.2. The third kappa shape index (κ3) is 1.83. The van der Waals surface area contributed by atoms with E-state index in [4.69, 9.17) is 4.98 Å². The van der Waals surface area contributed by atoms with Crippen LogP contribution < -0.4 is 0 Å². The Morgan fingerprint density at radius 2 is 1.33 bits per heavy atom. The van der Waals surface area contributed by atoms with Gasteiger partial charge in [-0.05, 0) is 42.5 Å². The first-order chi connectivity index (χ1) is 14.8. The number of aromatic nitrogens is 4. The molecule has 30 heavy (non-hydrogen) atoms. The number of fused-ring (bicyclic) bond motifs is 9. The molecule has 0 atom stereocenters. The molecule has 0 saturated carbocycles. The molecule has 0 amide bonds. The number of hydrogen-bond donors (Lipinski definition) is 0. The minimum atomic E-state index is 0.942. The van der Waals surface area contributed by atoms with Crippen molar-refractivity contribution in [3.8, 4) is 5.69 Å². The average Bonchev–Trinajstić information content (AvgIpc) is 3.42. The second kappa shape index (κ2) is 5.51. The minimum absolute atomic E-state index is 0.942. The smallest absolute Gasteiger partial charge is 0.220 e. The van der Waals surface area contributed by atoms with Crippen molar-refractivity contribution in [3.63, 3.8) is 0 Å². The zero-order valence-corrected chi connectivity index (χ0v) is 16.4. The molecule has 142 valence electrons. The maximum absolute atomic E-state index is 5.04. The second-order valence-electron chi connectivity index (χ2n) is 7.81. The predicted molar refractivity (Wildman–Crippen MR) is 124 cm³/mol. The highest BCUT2D eigenvalue weighted by molar-refractivity contribution is 6.20. The van der Waals surface area contributed by atoms with Crippen LogP contribution in [0.15, 0.2) is 91.0 Å². The van der Waals surface area contributed by atoms with Crippen LogP contribution in [-0.4, -0.2) is 18.5 Å². The van der Waals surface area contributed by atoms with Crippen LogP contribution >= 0.6 is 0 Å². The second-order valence-corrected chi connectivity index (χ2v) is 7.81. The Labute approximate surface area is 172 Å². The number of hydrogen-bond acceptors (Lipinski definition) is 1. The number of aryl methyl sites for hydroxylation is 1. The molecule has 4 aromatic carbocycles. The highest BCUT2D eigenvalue weighted by Crippen LogP contribution is 2.38. The molecule has 0 N–H and O–H groups in total. The quantitative estimate of drug-likeness (QED) is 0.336. The Morgan fingerprint density at radius 3 is 2.20 bits per heavy atom. The van der Waals surface area contributed by atoms with Gasteiger partial charge in [-0.25, -0.2) is 4.98 Å². The van der Waals surface area contributed by atoms with Crippen LogP contribution in [0, 0.1) is 0 Å². The van der Waals surface area contributed by atoms with E-state index >= 15 is 0 Å². The number of nitrogens with zero attached hydrogens (tertiary/aromatic N) is 4. The van der Waals surface area contributed by atoms with Gasteiger partial charge in [0.2, 0.25) is 5.78 Å². The zero-order chi connectivity index (χ0) is 19.8. The van der Waals surface area contributed by atoms with E-state index in [0.717, 1.165) is 22.5 Å². The third-order valence-corrected chi connectivity index (χ3v) is 6.25. The van der Waals surface area contributed by atoms with E-state index < -0.39 is 0 Å². The van der Waals surface area contributed by atoms with Gasteiger partial charge in [0.05, 0.1) is 27.6 Å². The Balaban J connectivity index is 1.84. The van der Waals surface area contributed by atoms with Crippen LogP contribution in [0.5, 0.6) is 0 Å². The minimum Gasteiger partial charge on any atom is -0.344 e. The van der Waals surface area contributed by atoms with Crippen LogP contribution in [0.4, 0.5) is 0 Å². The van der Waals surface area contributed by atoms with Crippen LogP contribution in [-0.2, 0) is 7.05 Å². The van der Waals surface area contributed by atoms with Gasteiger partial charge < -0.3 is 4.57 Å². The van der Waals surface area contributed by atoms with E-state index in [1.807, 2.05) is 6.07 Å². The lowest BCUT2D eigenvalue weighted by Crippen LogP contribution is -1.95. The van der Waals surface area contributed by atoms with Gasteiger partial charge in [0.15, 0.2) is 0 Å². The van der Waals surface area contributed by atoms with Crippen LogP contribution in [0.3, 0.4) is 0 Å². The predicted octanol–water partition coefficient (Wildman–Crippen LogP) is 6.08. The standard InChI is InChI=1S/C26H18N4/c1-28-20-13-7-5-11-18(20)24-22(28)15-16-23-25(24)29(17-9-3-2-4-10-17)26-27-19-12-6-8-14-21(19)30(23)26/h2-16H,1H3. The molecule has 0 fully saturated rings. The van der Waals surface area contributed by atoms with Crippen molar-refractivity contribution in [1.29, 1.82) is 0 Å². The average molecular weight is 386 g/mol. The molecule has 0 radical (unpaired) electrons. The molecule has 0 bridgehead atoms. The van der Waals surface area contributed by atoms with Gasteiger partial charge in [0, 0.05) is 29.0 Å². The lowest BCUT2D eigenvalue weighted by atomic mass is 10.1. The molecular weight excluding hydrogens is 368 g/mol. The summed E-state index contributed by atoms with van der Waals surface area (Å²) in [5.74, 6) is 0.942. The molecule has 0 spiro atoms. The monoisotopic (exact) mass is 386 g/mol. The van der Waals surface area contributed by atoms with E-state index in [0.29, 0.717) is 0 Å². The van der Waals surface area contributed by atoms with Crippen molar-refractivity contribution in [1.82, 2.24) is 18.5 Å². The highest BCUT2D eigenvalue weighted by Gasteiger charge is 2.21. The number of para-hydroxylation sites is 4. The first-order valence-corrected chi connectivity index (χ1v) is 10.2. The highest BCUT2D eigenvalue weighted by atomic mass is 15.2. The summed E-state index contributed by atoms with van der Waals surface area (Å²) in [6.45, 7) is 0. The van der Waals surface area contributed by atoms with Crippen molar-refractivity contribution >= 4 is 49.7 Å². The van der Waals surface area contributed by atoms with Crippen molar-refractivity contribution in [2.45, 2.75) is 0 Å². The summed E-state index contributed by atoms with van der Waals surface area (Å²) in [5, 5.41) is 2.53. The maximum atomic E-state index is 5.04. The number of imidazole rings is 2. The van der Waals surface area contributed by atoms with E-state index in [1.165, 1.54) is 32.8 Å². The SMILES string of the molecule is Cn1c2ccccc2c2c1ccc1c2n(-c2ccccc2)c2nc3ccccc3n12. The molecule has 4 nitrogen and oxygen atoms in total. The molecule has 0 unspecified atom stereocenters. The largest absolute Gasteiger partial charge is 0.344 e. The molecule has 4 heteroatoms. The van der Waals surface area contributed by atoms with Crippen molar-refractivity contribution in [2.75, 3.05) is 0 Å². The summed E-state index contributed by atoms with van der Waals surface area (Å²) in [4.78, 5) is 5.04. The lowest BCUT2D eigenvalue weighted by Gasteiger charge is -2.06. The van der Waals surface area contributed by atoms with E-state index in [1.54, 1.807) is 0 Å². The van der Waals surface area contributed by atoms with Gasteiger partial charge in [0.1, 0.15) is 0 Å². The number of rotatable bonds is 1.